The minimum atomic E-state index is 0.386. The summed E-state index contributed by atoms with van der Waals surface area (Å²) in [4.78, 5) is 0. The zero-order chi connectivity index (χ0) is 20.1. The van der Waals surface area contributed by atoms with Crippen molar-refractivity contribution < 1.29 is 0 Å². The smallest absolute Gasteiger partial charge is 0.0123 e. The summed E-state index contributed by atoms with van der Waals surface area (Å²) in [5.74, 6) is 2.10. The molecule has 1 fully saturated rings. The molecular weight excluding hydrogens is 324 g/mol. The first-order valence-electron chi connectivity index (χ1n) is 11.7. The van der Waals surface area contributed by atoms with Gasteiger partial charge in [-0.15, -0.1) is 0 Å². The lowest BCUT2D eigenvalue weighted by atomic mass is 9.44. The molecule has 2 aliphatic carbocycles. The van der Waals surface area contributed by atoms with Crippen LogP contribution < -0.4 is 0 Å². The van der Waals surface area contributed by atoms with Crippen LogP contribution in [-0.2, 0) is 0 Å². The summed E-state index contributed by atoms with van der Waals surface area (Å²) in [7, 11) is 0. The molecule has 0 N–H and O–H groups in total. The van der Waals surface area contributed by atoms with Crippen LogP contribution in [-0.4, -0.2) is 0 Å². The van der Waals surface area contributed by atoms with Crippen LogP contribution >= 0.6 is 0 Å². The molecule has 0 nitrogen and oxygen atoms in total. The van der Waals surface area contributed by atoms with Crippen LogP contribution in [0.25, 0.3) is 0 Å². The van der Waals surface area contributed by atoms with Crippen LogP contribution in [0.2, 0.25) is 0 Å². The summed E-state index contributed by atoms with van der Waals surface area (Å²) in [6.45, 7) is 22.5. The van der Waals surface area contributed by atoms with Crippen molar-refractivity contribution in [3.05, 3.63) is 33.4 Å². The Kier molecular flexibility index (Phi) is 5.61. The van der Waals surface area contributed by atoms with Gasteiger partial charge in [-0.05, 0) is 103 Å². The quantitative estimate of drug-likeness (QED) is 0.459. The van der Waals surface area contributed by atoms with E-state index in [1.165, 1.54) is 56.1 Å². The van der Waals surface area contributed by atoms with Gasteiger partial charge >= 0.3 is 0 Å². The second-order valence-corrected chi connectivity index (χ2v) is 10.6. The van der Waals surface area contributed by atoms with Gasteiger partial charge in [0.25, 0.3) is 0 Å². The van der Waals surface area contributed by atoms with Crippen LogP contribution in [0.1, 0.15) is 125 Å². The molecule has 0 saturated heterocycles. The van der Waals surface area contributed by atoms with Crippen molar-refractivity contribution in [2.24, 2.45) is 16.7 Å². The van der Waals surface area contributed by atoms with E-state index in [1.54, 1.807) is 22.3 Å². The highest BCUT2D eigenvalue weighted by Crippen LogP contribution is 2.66. The lowest BCUT2D eigenvalue weighted by Gasteiger charge is -2.60. The Morgan fingerprint density at radius 3 is 1.70 bits per heavy atom. The molecule has 4 atom stereocenters. The Hall–Kier alpha value is -0.780. The standard InChI is InChI=1S/C27H44/c1-10-23-21(6)24-19(4)17(2)18(3)20(5)25(24)22(7)27(23,9)26(8)15-13-11-12-14-16-26/h21-23H,10-16H2,1-9H3. The molecule has 1 aromatic carbocycles. The zero-order valence-corrected chi connectivity index (χ0v) is 19.7. The highest BCUT2D eigenvalue weighted by atomic mass is 14.6. The van der Waals surface area contributed by atoms with Crippen LogP contribution in [0.3, 0.4) is 0 Å². The summed E-state index contributed by atoms with van der Waals surface area (Å²) < 4.78 is 0. The molecule has 2 aliphatic rings. The monoisotopic (exact) mass is 368 g/mol. The Bertz CT molecular complexity index is 701. The fourth-order valence-electron chi connectivity index (χ4n) is 7.65. The molecule has 0 aliphatic heterocycles. The first-order chi connectivity index (χ1) is 12.6. The molecule has 3 rings (SSSR count). The minimum absolute atomic E-state index is 0.386. The second-order valence-electron chi connectivity index (χ2n) is 10.6. The molecule has 1 saturated carbocycles. The van der Waals surface area contributed by atoms with E-state index in [0.717, 1.165) is 5.92 Å². The molecule has 1 aromatic rings. The van der Waals surface area contributed by atoms with Crippen LogP contribution in [0.4, 0.5) is 0 Å². The number of benzene rings is 1. The summed E-state index contributed by atoms with van der Waals surface area (Å²) in [5.41, 5.74) is 10.5. The van der Waals surface area contributed by atoms with E-state index >= 15 is 0 Å². The van der Waals surface area contributed by atoms with E-state index in [-0.39, 0.29) is 0 Å². The lowest BCUT2D eigenvalue weighted by Crippen LogP contribution is -2.51. The normalized spacial score (nSPS) is 33.4. The van der Waals surface area contributed by atoms with Gasteiger partial charge in [-0.2, -0.15) is 0 Å². The maximum Gasteiger partial charge on any atom is -0.0123 e. The summed E-state index contributed by atoms with van der Waals surface area (Å²) >= 11 is 0. The van der Waals surface area contributed by atoms with Crippen molar-refractivity contribution in [1.29, 1.82) is 0 Å². The average Bonchev–Trinajstić information content (AvgIpc) is 2.87. The number of fused-ring (bicyclic) bond motifs is 1. The van der Waals surface area contributed by atoms with Gasteiger partial charge in [0.15, 0.2) is 0 Å². The maximum atomic E-state index is 2.69. The molecule has 27 heavy (non-hydrogen) atoms. The van der Waals surface area contributed by atoms with Crippen molar-refractivity contribution in [2.45, 2.75) is 119 Å². The van der Waals surface area contributed by atoms with Gasteiger partial charge in [-0.25, -0.2) is 0 Å². The molecule has 0 bridgehead atoms. The Labute approximate surface area is 169 Å². The van der Waals surface area contributed by atoms with Crippen LogP contribution in [0.5, 0.6) is 0 Å². The molecule has 0 spiro atoms. The molecule has 152 valence electrons. The van der Waals surface area contributed by atoms with Gasteiger partial charge in [-0.3, -0.25) is 0 Å². The van der Waals surface area contributed by atoms with E-state index in [2.05, 4.69) is 62.3 Å². The predicted molar refractivity (Wildman–Crippen MR) is 120 cm³/mol. The van der Waals surface area contributed by atoms with Crippen molar-refractivity contribution in [1.82, 2.24) is 0 Å². The highest BCUT2D eigenvalue weighted by molar-refractivity contribution is 5.55. The van der Waals surface area contributed by atoms with E-state index < -0.39 is 0 Å². The number of hydrogen-bond acceptors (Lipinski definition) is 0. The molecular formula is C27H44. The Morgan fingerprint density at radius 2 is 1.22 bits per heavy atom. The highest BCUT2D eigenvalue weighted by Gasteiger charge is 2.56. The molecule has 0 aromatic heterocycles. The number of hydrogen-bond donors (Lipinski definition) is 0. The number of rotatable bonds is 2. The summed E-state index contributed by atoms with van der Waals surface area (Å²) in [6, 6.07) is 0. The predicted octanol–water partition coefficient (Wildman–Crippen LogP) is 8.53. The first kappa shape index (κ1) is 20.9. The van der Waals surface area contributed by atoms with Gasteiger partial charge in [0.2, 0.25) is 0 Å². The van der Waals surface area contributed by atoms with Crippen LogP contribution in [0, 0.1) is 44.4 Å². The third kappa shape index (κ3) is 2.84. The molecule has 0 radical (unpaired) electrons. The first-order valence-corrected chi connectivity index (χ1v) is 11.7. The second kappa shape index (κ2) is 7.23. The van der Waals surface area contributed by atoms with Crippen molar-refractivity contribution in [3.63, 3.8) is 0 Å². The molecule has 0 amide bonds. The average molecular weight is 369 g/mol. The van der Waals surface area contributed by atoms with Gasteiger partial charge < -0.3 is 0 Å². The van der Waals surface area contributed by atoms with Gasteiger partial charge in [0.1, 0.15) is 0 Å². The van der Waals surface area contributed by atoms with Crippen molar-refractivity contribution in [3.8, 4) is 0 Å². The topological polar surface area (TPSA) is 0 Å². The van der Waals surface area contributed by atoms with E-state index in [1.807, 2.05) is 0 Å². The lowest BCUT2D eigenvalue weighted by molar-refractivity contribution is -0.0484. The molecule has 0 heterocycles. The maximum absolute atomic E-state index is 2.69. The van der Waals surface area contributed by atoms with Gasteiger partial charge in [0.05, 0.1) is 0 Å². The van der Waals surface area contributed by atoms with Gasteiger partial charge in [-0.1, -0.05) is 66.7 Å². The third-order valence-electron chi connectivity index (χ3n) is 9.89. The minimum Gasteiger partial charge on any atom is -0.0651 e. The molecule has 0 heteroatoms. The fraction of sp³-hybridized carbons (Fsp3) is 0.778. The zero-order valence-electron chi connectivity index (χ0n) is 19.7. The van der Waals surface area contributed by atoms with E-state index in [9.17, 15) is 0 Å². The Balaban J connectivity index is 2.27. The van der Waals surface area contributed by atoms with Crippen LogP contribution in [0.15, 0.2) is 0 Å². The summed E-state index contributed by atoms with van der Waals surface area (Å²) in [6.07, 6.45) is 9.91. The van der Waals surface area contributed by atoms with E-state index in [0.29, 0.717) is 22.7 Å². The largest absolute Gasteiger partial charge is 0.0651 e. The van der Waals surface area contributed by atoms with Crippen molar-refractivity contribution >= 4 is 0 Å². The summed E-state index contributed by atoms with van der Waals surface area (Å²) in [5, 5.41) is 0. The Morgan fingerprint density at radius 1 is 0.741 bits per heavy atom. The van der Waals surface area contributed by atoms with Gasteiger partial charge in [0, 0.05) is 0 Å². The van der Waals surface area contributed by atoms with Crippen molar-refractivity contribution in [2.75, 3.05) is 0 Å². The SMILES string of the molecule is CCC1C(C)c2c(C)c(C)c(C)c(C)c2C(C)C1(C)C1(C)CCCCCC1. The third-order valence-corrected chi connectivity index (χ3v) is 9.89. The van der Waals surface area contributed by atoms with E-state index in [4.69, 9.17) is 0 Å². The fourth-order valence-corrected chi connectivity index (χ4v) is 7.65. The molecule has 4 unspecified atom stereocenters.